The highest BCUT2D eigenvalue weighted by Gasteiger charge is 2.49. The standard InChI is InChI=1S/C65H76N10O14/c1-3-4-11-26-68-60-55-48(70-63(66)71-60)25-28-73(55)35-46-20-18-41(32-51(46)85-2)34-72-38-65(39-72)40-74(29-30-87-65)64(84)86-37-42-19-23-50(88-62-58(81)56(79)57(80)59(89-62)61(82)83)47(31-42)33-69-53(77)24-27-67-52(76)16-9-10-17-54(78)75-36-45-14-6-5-12-43(45)21-22-44-13-7-8-15-49(44)75/h5-8,12-15,18-20,23,25,28,31-32,56-59,62,79-81H,3-4,9-11,16-17,24,26-27,29-30,33-40H2,1-2H3,(H,67,76)(H,69,77)(H,82,83)(H3,66,68,70,71)/t56-,57-,58+,59-,62+/m0/s1. The van der Waals surface area contributed by atoms with Gasteiger partial charge in [0.05, 0.1) is 44.6 Å². The van der Waals surface area contributed by atoms with Gasteiger partial charge in [0.2, 0.25) is 30.0 Å². The normalized spacial score (nSPS) is 19.3. The number of aliphatic hydroxyl groups is 3. The molecule has 0 bridgehead atoms. The second-order valence-electron chi connectivity index (χ2n) is 22.8. The highest BCUT2D eigenvalue weighted by molar-refractivity contribution is 5.95. The molecule has 24 nitrogen and oxygen atoms in total. The number of ether oxygens (including phenoxy) is 5. The number of aliphatic hydroxyl groups excluding tert-OH is 3. The molecule has 6 heterocycles. The Balaban J connectivity index is 0.702. The lowest BCUT2D eigenvalue weighted by Crippen LogP contribution is -2.70. The number of fused-ring (bicyclic) bond motifs is 3. The van der Waals surface area contributed by atoms with Crippen LogP contribution in [0.15, 0.2) is 97.2 Å². The second-order valence-corrected chi connectivity index (χ2v) is 22.8. The monoisotopic (exact) mass is 1220 g/mol. The summed E-state index contributed by atoms with van der Waals surface area (Å²) < 4.78 is 31.4. The molecule has 0 unspecified atom stereocenters. The first-order valence-corrected chi connectivity index (χ1v) is 30.1. The highest BCUT2D eigenvalue weighted by atomic mass is 16.7. The fourth-order valence-corrected chi connectivity index (χ4v) is 11.6. The molecule has 3 fully saturated rings. The number of amides is 4. The Kier molecular flexibility index (Phi) is 20.6. The van der Waals surface area contributed by atoms with Crippen molar-refractivity contribution in [3.8, 4) is 23.3 Å². The number of hydrogen-bond donors (Lipinski definition) is 8. The van der Waals surface area contributed by atoms with Crippen LogP contribution in [0.1, 0.15) is 97.2 Å². The molecule has 4 aliphatic heterocycles. The van der Waals surface area contributed by atoms with Gasteiger partial charge in [0, 0.05) is 93.5 Å². The number of nitrogens with two attached hydrogens (primary N) is 1. The smallest absolute Gasteiger partial charge is 0.410 e. The fraction of sp³-hybridized carbons (Fsp3) is 0.431. The molecule has 4 aromatic carbocycles. The first kappa shape index (κ1) is 63.2. The van der Waals surface area contributed by atoms with Gasteiger partial charge in [-0.15, -0.1) is 0 Å². The van der Waals surface area contributed by atoms with E-state index >= 15 is 0 Å². The van der Waals surface area contributed by atoms with Crippen molar-refractivity contribution in [2.75, 3.05) is 68.9 Å². The zero-order valence-electron chi connectivity index (χ0n) is 49.9. The predicted molar refractivity (Wildman–Crippen MR) is 327 cm³/mol. The van der Waals surface area contributed by atoms with Gasteiger partial charge in [-0.2, -0.15) is 4.98 Å². The molecule has 89 heavy (non-hydrogen) atoms. The Morgan fingerprint density at radius 3 is 2.35 bits per heavy atom. The Hall–Kier alpha value is -8.83. The number of aromatic nitrogens is 3. The van der Waals surface area contributed by atoms with Crippen LogP contribution >= 0.6 is 0 Å². The number of carboxylic acids is 1. The lowest BCUT2D eigenvalue weighted by molar-refractivity contribution is -0.271. The first-order chi connectivity index (χ1) is 43.1. The van der Waals surface area contributed by atoms with Gasteiger partial charge in [-0.25, -0.2) is 14.6 Å². The lowest BCUT2D eigenvalue weighted by Gasteiger charge is -2.53. The van der Waals surface area contributed by atoms with E-state index in [4.69, 9.17) is 29.4 Å². The molecule has 0 saturated carbocycles. The number of likely N-dealkylation sites (tertiary alicyclic amines) is 1. The minimum Gasteiger partial charge on any atom is -0.496 e. The molecule has 3 saturated heterocycles. The number of para-hydroxylation sites is 1. The van der Waals surface area contributed by atoms with Gasteiger partial charge in [0.25, 0.3) is 0 Å². The van der Waals surface area contributed by atoms with E-state index < -0.39 is 54.3 Å². The largest absolute Gasteiger partial charge is 0.496 e. The molecular weight excluding hydrogens is 1140 g/mol. The maximum absolute atomic E-state index is 13.7. The SMILES string of the molecule is CCCCCNc1nc(N)nc2ccn(Cc3ccc(CN4CC5(C4)CN(C(=O)OCc4ccc(O[C@@H]6O[C@H](C(=O)O)[C@@H](O)[C@H](O)[C@H]6O)c(CNC(=O)CCNC(=O)CCCCC(=O)N6Cc7ccccc7C#Cc7ccccc76)c4)CCO5)cc3OC)c12. The summed E-state index contributed by atoms with van der Waals surface area (Å²) in [6.45, 7) is 6.16. The van der Waals surface area contributed by atoms with Crippen molar-refractivity contribution in [1.82, 2.24) is 35.0 Å². The van der Waals surface area contributed by atoms with E-state index in [1.807, 2.05) is 66.9 Å². The maximum Gasteiger partial charge on any atom is 0.410 e. The molecule has 9 N–H and O–H groups in total. The number of unbranched alkanes of at least 4 members (excludes halogenated alkanes) is 3. The van der Waals surface area contributed by atoms with E-state index in [0.717, 1.165) is 76.1 Å². The Bertz CT molecular complexity index is 3600. The number of anilines is 3. The average Bonchev–Trinajstić information content (AvgIpc) is 2.95. The number of nitrogens with one attached hydrogen (secondary N) is 3. The van der Waals surface area contributed by atoms with Crippen LogP contribution in [0.25, 0.3) is 11.0 Å². The zero-order chi connectivity index (χ0) is 62.6. The number of carbonyl (C=O) groups excluding carboxylic acids is 4. The van der Waals surface area contributed by atoms with Crippen molar-refractivity contribution in [2.45, 2.75) is 127 Å². The molecular formula is C65H76N10O14. The fourth-order valence-electron chi connectivity index (χ4n) is 11.6. The summed E-state index contributed by atoms with van der Waals surface area (Å²) in [5.41, 5.74) is 13.2. The lowest BCUT2D eigenvalue weighted by atomic mass is 9.91. The third-order valence-corrected chi connectivity index (χ3v) is 16.2. The van der Waals surface area contributed by atoms with Crippen molar-refractivity contribution in [1.29, 1.82) is 0 Å². The van der Waals surface area contributed by atoms with Crippen LogP contribution < -0.4 is 36.1 Å². The van der Waals surface area contributed by atoms with Crippen molar-refractivity contribution in [3.05, 3.63) is 136 Å². The number of morpholine rings is 1. The average molecular weight is 1220 g/mol. The maximum atomic E-state index is 13.7. The summed E-state index contributed by atoms with van der Waals surface area (Å²) in [7, 11) is 1.66. The van der Waals surface area contributed by atoms with Crippen LogP contribution in [0, 0.1) is 11.8 Å². The molecule has 470 valence electrons. The quantitative estimate of drug-likeness (QED) is 0.0282. The summed E-state index contributed by atoms with van der Waals surface area (Å²) in [4.78, 5) is 79.9. The van der Waals surface area contributed by atoms with Crippen LogP contribution in [0.3, 0.4) is 0 Å². The van der Waals surface area contributed by atoms with Crippen molar-refractivity contribution in [3.63, 3.8) is 0 Å². The Labute approximate surface area is 515 Å². The summed E-state index contributed by atoms with van der Waals surface area (Å²) in [6, 6.07) is 28.0. The van der Waals surface area contributed by atoms with Crippen molar-refractivity contribution in [2.24, 2.45) is 0 Å². The minimum atomic E-state index is -1.95. The zero-order valence-corrected chi connectivity index (χ0v) is 49.9. The summed E-state index contributed by atoms with van der Waals surface area (Å²) in [5, 5.41) is 50.2. The van der Waals surface area contributed by atoms with E-state index in [1.54, 1.807) is 29.0 Å². The van der Waals surface area contributed by atoms with E-state index in [0.29, 0.717) is 82.2 Å². The molecule has 1 spiro atoms. The first-order valence-electron chi connectivity index (χ1n) is 30.1. The highest BCUT2D eigenvalue weighted by Crippen LogP contribution is 2.34. The molecule has 10 rings (SSSR count). The van der Waals surface area contributed by atoms with Crippen LogP contribution in [0.2, 0.25) is 0 Å². The number of carboxylic acid groups (broad SMARTS) is 1. The topological polar surface area (TPSA) is 315 Å². The van der Waals surface area contributed by atoms with Crippen LogP contribution in [0.5, 0.6) is 11.5 Å². The predicted octanol–water partition coefficient (Wildman–Crippen LogP) is 4.80. The molecule has 0 radical (unpaired) electrons. The molecule has 0 aliphatic carbocycles. The number of methoxy groups -OCH3 is 1. The number of aliphatic carboxylic acids is 1. The van der Waals surface area contributed by atoms with Gasteiger partial charge < -0.3 is 80.2 Å². The molecule has 6 aromatic rings. The third kappa shape index (κ3) is 15.5. The summed E-state index contributed by atoms with van der Waals surface area (Å²) in [6.07, 6.45) is -3.63. The van der Waals surface area contributed by atoms with Crippen LogP contribution in [-0.4, -0.2) is 164 Å². The van der Waals surface area contributed by atoms with E-state index in [-0.39, 0.29) is 62.5 Å². The molecule has 4 aliphatic rings. The number of carbonyl (C=O) groups is 5. The molecule has 5 atom stereocenters. The van der Waals surface area contributed by atoms with Crippen LogP contribution in [-0.2, 0) is 66.2 Å². The number of nitrogens with zero attached hydrogens (tertiary/aromatic N) is 6. The summed E-state index contributed by atoms with van der Waals surface area (Å²) in [5.74, 6) is 5.67. The number of nitrogen functional groups attached to an aromatic ring is 1. The van der Waals surface area contributed by atoms with Gasteiger partial charge in [-0.1, -0.05) is 80.1 Å². The third-order valence-electron chi connectivity index (χ3n) is 16.2. The summed E-state index contributed by atoms with van der Waals surface area (Å²) >= 11 is 0. The van der Waals surface area contributed by atoms with Crippen LogP contribution in [0.4, 0.5) is 22.2 Å². The van der Waals surface area contributed by atoms with E-state index in [2.05, 4.69) is 66.3 Å². The minimum absolute atomic E-state index is 0.0112. The Morgan fingerprint density at radius 2 is 1.54 bits per heavy atom. The molecule has 24 heteroatoms. The van der Waals surface area contributed by atoms with Gasteiger partial charge in [-0.05, 0) is 78.4 Å². The Morgan fingerprint density at radius 1 is 0.775 bits per heavy atom. The van der Waals surface area contributed by atoms with Gasteiger partial charge in [0.1, 0.15) is 47.5 Å². The van der Waals surface area contributed by atoms with E-state index in [1.165, 1.54) is 6.07 Å². The number of hydrogen-bond acceptors (Lipinski definition) is 18. The molecule has 4 amide bonds. The number of benzene rings is 4. The van der Waals surface area contributed by atoms with E-state index in [9.17, 15) is 44.4 Å². The number of rotatable bonds is 25. The second kappa shape index (κ2) is 29.0. The van der Waals surface area contributed by atoms with Gasteiger partial charge in [-0.3, -0.25) is 19.3 Å². The van der Waals surface area contributed by atoms with Crippen molar-refractivity contribution < 1.29 is 68.1 Å². The van der Waals surface area contributed by atoms with Gasteiger partial charge >= 0.3 is 12.1 Å². The molecule has 2 aromatic heterocycles. The van der Waals surface area contributed by atoms with Gasteiger partial charge in [0.15, 0.2) is 11.9 Å². The van der Waals surface area contributed by atoms with Crippen molar-refractivity contribution >= 4 is 58.3 Å².